The summed E-state index contributed by atoms with van der Waals surface area (Å²) in [5, 5.41) is 20.7. The van der Waals surface area contributed by atoms with Crippen molar-refractivity contribution in [1.82, 2.24) is 14.4 Å². The van der Waals surface area contributed by atoms with Gasteiger partial charge < -0.3 is 24.4 Å². The highest BCUT2D eigenvalue weighted by Gasteiger charge is 2.34. The normalized spacial score (nSPS) is 20.2. The Bertz CT molecular complexity index is 1290. The number of piperazine rings is 1. The van der Waals surface area contributed by atoms with Crippen molar-refractivity contribution in [2.75, 3.05) is 46.4 Å². The fourth-order valence-corrected chi connectivity index (χ4v) is 6.01. The van der Waals surface area contributed by atoms with Crippen LogP contribution in [0, 0.1) is 11.7 Å². The zero-order valence-electron chi connectivity index (χ0n) is 22.5. The molecule has 5 rings (SSSR count). The number of carbonyl (C=O) groups excluding carboxylic acids is 1. The number of β-amino-alcohol motifs (C(OH)–C–C–N with tert-alkyl or cyclic N) is 1. The maximum Gasteiger partial charge on any atom is 0.180 e. The molecule has 2 atom stereocenters. The molecule has 1 aliphatic carbocycles. The van der Waals surface area contributed by atoms with Gasteiger partial charge in [-0.15, -0.1) is 0 Å². The number of hydrogen-bond acceptors (Lipinski definition) is 6. The Balaban J connectivity index is 1.36. The first-order valence-electron chi connectivity index (χ1n) is 13.4. The fraction of sp³-hybridized carbons (Fsp3) is 0.500. The lowest BCUT2D eigenvalue weighted by Crippen LogP contribution is -2.51. The zero-order valence-corrected chi connectivity index (χ0v) is 22.5. The number of Topliss-reactive ketones (excluding diaryl/α,β-unsaturated/α-hetero) is 1. The minimum absolute atomic E-state index is 0.109. The van der Waals surface area contributed by atoms with Crippen LogP contribution in [0.2, 0.25) is 0 Å². The molecule has 1 aromatic heterocycles. The molecule has 38 heavy (non-hydrogen) atoms. The maximum atomic E-state index is 14.4. The predicted octanol–water partition coefficient (Wildman–Crippen LogP) is 3.60. The van der Waals surface area contributed by atoms with Crippen molar-refractivity contribution in [3.05, 3.63) is 70.7 Å². The van der Waals surface area contributed by atoms with Crippen LogP contribution in [0.5, 0.6) is 0 Å². The molecule has 2 aromatic carbocycles. The molecule has 1 saturated heterocycles. The molecule has 0 amide bonds. The van der Waals surface area contributed by atoms with Gasteiger partial charge in [0.1, 0.15) is 5.82 Å². The Morgan fingerprint density at radius 3 is 2.42 bits per heavy atom. The highest BCUT2D eigenvalue weighted by Crippen LogP contribution is 2.36. The number of ether oxygens (including phenoxy) is 1. The molecular formula is C30H38FN3O4. The van der Waals surface area contributed by atoms with Gasteiger partial charge in [-0.05, 0) is 50.5 Å². The summed E-state index contributed by atoms with van der Waals surface area (Å²) in [6.45, 7) is 9.07. The van der Waals surface area contributed by atoms with E-state index < -0.39 is 11.9 Å². The van der Waals surface area contributed by atoms with Gasteiger partial charge in [0.25, 0.3) is 0 Å². The Labute approximate surface area is 223 Å². The third-order valence-electron chi connectivity index (χ3n) is 7.86. The lowest BCUT2D eigenvalue weighted by atomic mass is 9.84. The Kier molecular flexibility index (Phi) is 7.71. The monoisotopic (exact) mass is 523 g/mol. The maximum absolute atomic E-state index is 14.4. The number of benzene rings is 2. The van der Waals surface area contributed by atoms with Crippen LogP contribution in [0.15, 0.2) is 42.5 Å². The van der Waals surface area contributed by atoms with Crippen molar-refractivity contribution in [2.24, 2.45) is 5.92 Å². The topological polar surface area (TPSA) is 78.2 Å². The quantitative estimate of drug-likeness (QED) is 0.440. The van der Waals surface area contributed by atoms with Crippen molar-refractivity contribution in [3.8, 4) is 0 Å². The van der Waals surface area contributed by atoms with Crippen molar-refractivity contribution in [1.29, 1.82) is 0 Å². The zero-order chi connectivity index (χ0) is 27.0. The van der Waals surface area contributed by atoms with E-state index in [2.05, 4.69) is 14.4 Å². The summed E-state index contributed by atoms with van der Waals surface area (Å²) < 4.78 is 21.5. The van der Waals surface area contributed by atoms with Crippen LogP contribution in [-0.4, -0.2) is 82.3 Å². The van der Waals surface area contributed by atoms with E-state index in [1.54, 1.807) is 6.07 Å². The second kappa shape index (κ2) is 10.9. The summed E-state index contributed by atoms with van der Waals surface area (Å²) in [5.74, 6) is -0.341. The van der Waals surface area contributed by atoms with Gasteiger partial charge in [0.05, 0.1) is 5.60 Å². The molecule has 3 aromatic rings. The van der Waals surface area contributed by atoms with Gasteiger partial charge in [-0.25, -0.2) is 4.39 Å². The van der Waals surface area contributed by atoms with Crippen molar-refractivity contribution in [3.63, 3.8) is 0 Å². The molecule has 204 valence electrons. The van der Waals surface area contributed by atoms with E-state index in [1.165, 1.54) is 19.2 Å². The summed E-state index contributed by atoms with van der Waals surface area (Å²) in [5.41, 5.74) is 3.50. The first-order valence-corrected chi connectivity index (χ1v) is 13.4. The van der Waals surface area contributed by atoms with Gasteiger partial charge in [-0.1, -0.05) is 24.3 Å². The number of aliphatic hydroxyl groups is 2. The highest BCUT2D eigenvalue weighted by molar-refractivity contribution is 6.11. The number of hydrogen-bond donors (Lipinski definition) is 2. The number of rotatable bonds is 8. The summed E-state index contributed by atoms with van der Waals surface area (Å²) in [4.78, 5) is 18.5. The highest BCUT2D eigenvalue weighted by atomic mass is 19.1. The summed E-state index contributed by atoms with van der Waals surface area (Å²) in [6, 6.07) is 12.3. The SMILES string of the molecule is COC(O)c1ccc(Cn2c3c(c4cc(F)ccc42)C(=O)C(CN2CCN(CC(C)(C)O)CC2)CC3)cc1. The molecule has 2 N–H and O–H groups in total. The first kappa shape index (κ1) is 27.0. The molecular weight excluding hydrogens is 485 g/mol. The summed E-state index contributed by atoms with van der Waals surface area (Å²) >= 11 is 0. The molecule has 0 spiro atoms. The largest absolute Gasteiger partial charge is 0.389 e. The Hall–Kier alpha value is -2.62. The average molecular weight is 524 g/mol. The van der Waals surface area contributed by atoms with Gasteiger partial charge in [0, 0.05) is 86.6 Å². The number of halogens is 1. The van der Waals surface area contributed by atoms with Gasteiger partial charge in [-0.2, -0.15) is 0 Å². The number of fused-ring (bicyclic) bond motifs is 3. The number of methoxy groups -OCH3 is 1. The number of ketones is 1. The second-order valence-corrected chi connectivity index (χ2v) is 11.4. The van der Waals surface area contributed by atoms with E-state index in [4.69, 9.17) is 4.74 Å². The standard InChI is InChI=1S/C30H38FN3O4/c1-30(2,37)19-33-14-12-32(13-15-33)18-22-8-10-26-27(28(22)35)24-16-23(31)9-11-25(24)34(26)17-20-4-6-21(7-5-20)29(36)38-3/h4-7,9,11,16,22,29,36-37H,8,10,12-15,17-19H2,1-3H3. The molecule has 8 heteroatoms. The minimum Gasteiger partial charge on any atom is -0.389 e. The lowest BCUT2D eigenvalue weighted by Gasteiger charge is -2.38. The molecule has 0 bridgehead atoms. The van der Waals surface area contributed by atoms with Crippen LogP contribution >= 0.6 is 0 Å². The molecule has 1 aliphatic heterocycles. The Morgan fingerprint density at radius 1 is 1.08 bits per heavy atom. The van der Waals surface area contributed by atoms with Crippen LogP contribution in [-0.2, 0) is 17.7 Å². The average Bonchev–Trinajstić information content (AvgIpc) is 3.19. The Morgan fingerprint density at radius 2 is 1.76 bits per heavy atom. The van der Waals surface area contributed by atoms with Gasteiger partial charge in [0.2, 0.25) is 0 Å². The molecule has 1 fully saturated rings. The minimum atomic E-state index is -0.966. The third kappa shape index (κ3) is 5.70. The molecule has 0 saturated carbocycles. The van der Waals surface area contributed by atoms with Crippen LogP contribution in [0.3, 0.4) is 0 Å². The van der Waals surface area contributed by atoms with E-state index in [-0.39, 0.29) is 17.5 Å². The number of aliphatic hydroxyl groups excluding tert-OH is 1. The molecule has 7 nitrogen and oxygen atoms in total. The van der Waals surface area contributed by atoms with E-state index in [0.29, 0.717) is 36.1 Å². The van der Waals surface area contributed by atoms with Crippen molar-refractivity contribution in [2.45, 2.75) is 45.1 Å². The lowest BCUT2D eigenvalue weighted by molar-refractivity contribution is -0.0769. The van der Waals surface area contributed by atoms with E-state index in [0.717, 1.165) is 55.8 Å². The van der Waals surface area contributed by atoms with Crippen molar-refractivity contribution >= 4 is 16.7 Å². The third-order valence-corrected chi connectivity index (χ3v) is 7.86. The van der Waals surface area contributed by atoms with E-state index in [9.17, 15) is 19.4 Å². The van der Waals surface area contributed by atoms with E-state index >= 15 is 0 Å². The number of aromatic nitrogens is 1. The predicted molar refractivity (Wildman–Crippen MR) is 145 cm³/mol. The fourth-order valence-electron chi connectivity index (χ4n) is 6.01. The molecule has 2 aliphatic rings. The number of nitrogens with zero attached hydrogens (tertiary/aromatic N) is 3. The van der Waals surface area contributed by atoms with Crippen LogP contribution in [0.4, 0.5) is 4.39 Å². The molecule has 2 heterocycles. The smallest absolute Gasteiger partial charge is 0.180 e. The van der Waals surface area contributed by atoms with Gasteiger partial charge >= 0.3 is 0 Å². The van der Waals surface area contributed by atoms with Crippen LogP contribution in [0.25, 0.3) is 10.9 Å². The van der Waals surface area contributed by atoms with Gasteiger partial charge in [0.15, 0.2) is 12.1 Å². The molecule has 2 unspecified atom stereocenters. The number of carbonyl (C=O) groups is 1. The first-order chi connectivity index (χ1) is 18.1. The van der Waals surface area contributed by atoms with Crippen LogP contribution in [0.1, 0.15) is 53.7 Å². The summed E-state index contributed by atoms with van der Waals surface area (Å²) in [7, 11) is 1.46. The van der Waals surface area contributed by atoms with Crippen LogP contribution < -0.4 is 0 Å². The molecule has 0 radical (unpaired) electrons. The second-order valence-electron chi connectivity index (χ2n) is 11.4. The summed E-state index contributed by atoms with van der Waals surface area (Å²) in [6.07, 6.45) is 0.570. The van der Waals surface area contributed by atoms with Crippen molar-refractivity contribution < 1.29 is 24.1 Å². The van der Waals surface area contributed by atoms with Gasteiger partial charge in [-0.3, -0.25) is 9.69 Å². The van der Waals surface area contributed by atoms with E-state index in [1.807, 2.05) is 38.1 Å².